The van der Waals surface area contributed by atoms with E-state index in [1.165, 1.54) is 16.2 Å². The average molecular weight is 416 g/mol. The molecule has 154 valence electrons. The molecule has 1 aliphatic rings. The second-order valence-corrected chi connectivity index (χ2v) is 8.48. The number of hydrogen-bond donors (Lipinski definition) is 2. The lowest BCUT2D eigenvalue weighted by atomic mass is 9.97. The first-order valence-electron chi connectivity index (χ1n) is 9.61. The summed E-state index contributed by atoms with van der Waals surface area (Å²) in [6, 6.07) is 8.48. The fraction of sp³-hybridized carbons (Fsp3) is 0.364. The number of rotatable bonds is 7. The first-order chi connectivity index (χ1) is 13.8. The highest BCUT2D eigenvalue weighted by molar-refractivity contribution is 7.10. The van der Waals surface area contributed by atoms with Crippen LogP contribution >= 0.6 is 11.3 Å². The van der Waals surface area contributed by atoms with Gasteiger partial charge in [0.05, 0.1) is 39.4 Å². The molecule has 1 aromatic heterocycles. The second-order valence-electron chi connectivity index (χ2n) is 7.50. The summed E-state index contributed by atoms with van der Waals surface area (Å²) in [7, 11) is 5.68. The zero-order chi connectivity index (χ0) is 21.1. The third-order valence-electron chi connectivity index (χ3n) is 5.12. The van der Waals surface area contributed by atoms with Crippen LogP contribution in [0.2, 0.25) is 0 Å². The number of nitrogens with zero attached hydrogens (tertiary/aromatic N) is 1. The highest BCUT2D eigenvalue weighted by atomic mass is 32.1. The lowest BCUT2D eigenvalue weighted by Crippen LogP contribution is -3.05. The number of aliphatic hydroxyl groups excluding tert-OH is 1. The molecule has 0 saturated carbocycles. The summed E-state index contributed by atoms with van der Waals surface area (Å²) >= 11 is 1.48. The van der Waals surface area contributed by atoms with Gasteiger partial charge in [-0.25, -0.2) is 0 Å². The molecule has 1 aromatic carbocycles. The molecule has 0 unspecified atom stereocenters. The van der Waals surface area contributed by atoms with Crippen molar-refractivity contribution in [2.45, 2.75) is 19.4 Å². The van der Waals surface area contributed by atoms with Gasteiger partial charge >= 0.3 is 0 Å². The maximum atomic E-state index is 12.9. The molecule has 7 heteroatoms. The molecule has 0 aliphatic carbocycles. The van der Waals surface area contributed by atoms with E-state index in [1.54, 1.807) is 30.2 Å². The van der Waals surface area contributed by atoms with E-state index in [-0.39, 0.29) is 11.3 Å². The number of carbonyl (C=O) groups is 2. The van der Waals surface area contributed by atoms with Crippen LogP contribution in [0, 0.1) is 6.92 Å². The molecular weight excluding hydrogens is 388 g/mol. The van der Waals surface area contributed by atoms with Crippen molar-refractivity contribution in [3.63, 3.8) is 0 Å². The van der Waals surface area contributed by atoms with E-state index in [0.29, 0.717) is 17.9 Å². The van der Waals surface area contributed by atoms with Crippen LogP contribution in [-0.2, 0) is 9.59 Å². The molecule has 0 spiro atoms. The van der Waals surface area contributed by atoms with Gasteiger partial charge < -0.3 is 19.6 Å². The molecule has 1 atom stereocenters. The number of hydrogen-bond acceptors (Lipinski definition) is 5. The van der Waals surface area contributed by atoms with Crippen molar-refractivity contribution in [3.05, 3.63) is 57.3 Å². The fourth-order valence-electron chi connectivity index (χ4n) is 3.63. The Kier molecular flexibility index (Phi) is 6.39. The number of Topliss-reactive ketones (excluding diaryl/α,β-unsaturated/α-hetero) is 1. The Bertz CT molecular complexity index is 934. The van der Waals surface area contributed by atoms with Crippen LogP contribution in [0.4, 0.5) is 0 Å². The fourth-order valence-corrected chi connectivity index (χ4v) is 4.48. The van der Waals surface area contributed by atoms with Gasteiger partial charge in [0.15, 0.2) is 0 Å². The average Bonchev–Trinajstić information content (AvgIpc) is 3.29. The first-order valence-corrected chi connectivity index (χ1v) is 10.5. The maximum absolute atomic E-state index is 12.9. The number of nitrogens with one attached hydrogen (secondary N) is 1. The third kappa shape index (κ3) is 4.21. The predicted molar refractivity (Wildman–Crippen MR) is 113 cm³/mol. The maximum Gasteiger partial charge on any atom is 0.295 e. The van der Waals surface area contributed by atoms with Gasteiger partial charge in [-0.1, -0.05) is 6.07 Å². The number of carbonyl (C=O) groups excluding carboxylic acids is 2. The molecule has 1 saturated heterocycles. The van der Waals surface area contributed by atoms with Crippen LogP contribution < -0.4 is 9.64 Å². The van der Waals surface area contributed by atoms with E-state index in [4.69, 9.17) is 4.74 Å². The quantitative estimate of drug-likeness (QED) is 0.412. The number of methoxy groups -OCH3 is 1. The Morgan fingerprint density at radius 2 is 2.03 bits per heavy atom. The van der Waals surface area contributed by atoms with Gasteiger partial charge in [-0.05, 0) is 42.1 Å². The lowest BCUT2D eigenvalue weighted by Gasteiger charge is -2.24. The Morgan fingerprint density at radius 3 is 2.62 bits per heavy atom. The van der Waals surface area contributed by atoms with Crippen molar-refractivity contribution in [3.8, 4) is 5.75 Å². The number of ketones is 1. The van der Waals surface area contributed by atoms with Crippen LogP contribution in [0.25, 0.3) is 5.76 Å². The minimum Gasteiger partial charge on any atom is -0.507 e. The molecule has 1 amide bonds. The van der Waals surface area contributed by atoms with Gasteiger partial charge in [-0.3, -0.25) is 9.59 Å². The number of quaternary nitrogens is 1. The zero-order valence-corrected chi connectivity index (χ0v) is 18.0. The third-order valence-corrected chi connectivity index (χ3v) is 6.04. The summed E-state index contributed by atoms with van der Waals surface area (Å²) < 4.78 is 5.23. The largest absolute Gasteiger partial charge is 0.507 e. The molecule has 2 N–H and O–H groups in total. The topological polar surface area (TPSA) is 71.3 Å². The SMILES string of the molecule is COc1ccc(C(O)=C2C(=O)C(=O)N(CCC[NH+](C)C)[C@H]2c2cccs2)c(C)c1. The van der Waals surface area contributed by atoms with Gasteiger partial charge in [0.1, 0.15) is 11.5 Å². The molecule has 1 aliphatic heterocycles. The number of ether oxygens (including phenoxy) is 1. The summed E-state index contributed by atoms with van der Waals surface area (Å²) in [5.74, 6) is -0.652. The predicted octanol–water partition coefficient (Wildman–Crippen LogP) is 2.02. The molecule has 0 radical (unpaired) electrons. The summed E-state index contributed by atoms with van der Waals surface area (Å²) in [5, 5.41) is 13.0. The second kappa shape index (κ2) is 8.80. The first kappa shape index (κ1) is 21.1. The smallest absolute Gasteiger partial charge is 0.295 e. The van der Waals surface area contributed by atoms with Crippen LogP contribution in [0.15, 0.2) is 41.3 Å². The number of thiophene rings is 1. The van der Waals surface area contributed by atoms with Gasteiger partial charge in [0.2, 0.25) is 0 Å². The summed E-state index contributed by atoms with van der Waals surface area (Å²) in [6.07, 6.45) is 0.777. The van der Waals surface area contributed by atoms with Crippen molar-refractivity contribution in [2.24, 2.45) is 0 Å². The van der Waals surface area contributed by atoms with Gasteiger partial charge in [0.25, 0.3) is 11.7 Å². The number of aliphatic hydroxyl groups is 1. The van der Waals surface area contributed by atoms with Gasteiger partial charge in [0, 0.05) is 23.4 Å². The Balaban J connectivity index is 2.06. The van der Waals surface area contributed by atoms with E-state index in [1.807, 2.05) is 24.4 Å². The van der Waals surface area contributed by atoms with Gasteiger partial charge in [-0.2, -0.15) is 0 Å². The molecule has 29 heavy (non-hydrogen) atoms. The molecule has 2 heterocycles. The van der Waals surface area contributed by atoms with Crippen molar-refractivity contribution >= 4 is 28.8 Å². The van der Waals surface area contributed by atoms with Gasteiger partial charge in [-0.15, -0.1) is 11.3 Å². The Morgan fingerprint density at radius 1 is 1.28 bits per heavy atom. The van der Waals surface area contributed by atoms with Crippen LogP contribution in [0.3, 0.4) is 0 Å². The van der Waals surface area contributed by atoms with Crippen LogP contribution in [0.1, 0.15) is 28.5 Å². The molecule has 3 rings (SSSR count). The van der Waals surface area contributed by atoms with Crippen molar-refractivity contribution in [1.29, 1.82) is 0 Å². The van der Waals surface area contributed by atoms with Crippen LogP contribution in [-0.4, -0.2) is 56.0 Å². The highest BCUT2D eigenvalue weighted by Crippen LogP contribution is 2.41. The standard InChI is InChI=1S/C22H26N2O4S/c1-14-13-15(28-4)8-9-16(14)20(25)18-19(17-7-5-12-29-17)24(22(27)21(18)26)11-6-10-23(2)3/h5,7-9,12-13,19,25H,6,10-11H2,1-4H3/p+1/t19-/m0/s1. The number of aryl methyl sites for hydroxylation is 1. The minimum atomic E-state index is -0.631. The summed E-state index contributed by atoms with van der Waals surface area (Å²) in [4.78, 5) is 29.5. The van der Waals surface area contributed by atoms with Crippen molar-refractivity contribution in [2.75, 3.05) is 34.3 Å². The van der Waals surface area contributed by atoms with E-state index < -0.39 is 17.7 Å². The number of benzene rings is 1. The van der Waals surface area contributed by atoms with E-state index in [9.17, 15) is 14.7 Å². The Labute approximate surface area is 175 Å². The molecular formula is C22H27N2O4S+. The highest BCUT2D eigenvalue weighted by Gasteiger charge is 2.46. The monoisotopic (exact) mass is 415 g/mol. The number of likely N-dealkylation sites (tertiary alicyclic amines) is 1. The van der Waals surface area contributed by atoms with E-state index >= 15 is 0 Å². The summed E-state index contributed by atoms with van der Waals surface area (Å²) in [6.45, 7) is 3.20. The summed E-state index contributed by atoms with van der Waals surface area (Å²) in [5.41, 5.74) is 1.46. The molecule has 1 fully saturated rings. The van der Waals surface area contributed by atoms with E-state index in [0.717, 1.165) is 23.4 Å². The normalized spacial score (nSPS) is 18.7. The lowest BCUT2D eigenvalue weighted by molar-refractivity contribution is -0.858. The minimum absolute atomic E-state index is 0.136. The Hall–Kier alpha value is -2.64. The zero-order valence-electron chi connectivity index (χ0n) is 17.2. The van der Waals surface area contributed by atoms with E-state index in [2.05, 4.69) is 14.1 Å². The van der Waals surface area contributed by atoms with Crippen LogP contribution in [0.5, 0.6) is 5.75 Å². The number of amides is 1. The molecule has 6 nitrogen and oxygen atoms in total. The van der Waals surface area contributed by atoms with Crippen molar-refractivity contribution in [1.82, 2.24) is 4.90 Å². The molecule has 0 bridgehead atoms. The molecule has 2 aromatic rings. The van der Waals surface area contributed by atoms with Crippen molar-refractivity contribution < 1.29 is 24.3 Å².